The maximum Gasteiger partial charge on any atom is 0.352 e. The standard InChI is InChI=1S/C22H23FN4O4/c1-15-6-3-9-18(12-15)27-22(30)26(14-16-7-4-8-17(23)13-16)21(29)19(25-27)20(28)24-10-5-11-31-2/h3-4,6-9,12-13H,5,10-11,14H2,1-2H3,(H,24,28). The molecule has 3 aromatic rings. The maximum absolute atomic E-state index is 13.6. The summed E-state index contributed by atoms with van der Waals surface area (Å²) in [6.07, 6.45) is 0.553. The van der Waals surface area contributed by atoms with Crippen LogP contribution in [0.3, 0.4) is 0 Å². The Morgan fingerprint density at radius 3 is 2.65 bits per heavy atom. The summed E-state index contributed by atoms with van der Waals surface area (Å²) >= 11 is 0. The van der Waals surface area contributed by atoms with Crippen LogP contribution in [0.2, 0.25) is 0 Å². The smallest absolute Gasteiger partial charge is 0.352 e. The monoisotopic (exact) mass is 426 g/mol. The number of halogens is 1. The van der Waals surface area contributed by atoms with Gasteiger partial charge in [-0.25, -0.2) is 9.18 Å². The lowest BCUT2D eigenvalue weighted by Gasteiger charge is -2.13. The molecular weight excluding hydrogens is 403 g/mol. The van der Waals surface area contributed by atoms with E-state index in [0.29, 0.717) is 24.3 Å². The lowest BCUT2D eigenvalue weighted by Crippen LogP contribution is -2.46. The summed E-state index contributed by atoms with van der Waals surface area (Å²) in [6, 6.07) is 12.5. The topological polar surface area (TPSA) is 95.2 Å². The first-order valence-electron chi connectivity index (χ1n) is 9.73. The Labute approximate surface area is 177 Å². The highest BCUT2D eigenvalue weighted by atomic mass is 19.1. The van der Waals surface area contributed by atoms with Gasteiger partial charge in [0.15, 0.2) is 0 Å². The molecule has 0 unspecified atom stereocenters. The van der Waals surface area contributed by atoms with Crippen LogP contribution >= 0.6 is 0 Å². The van der Waals surface area contributed by atoms with Crippen LogP contribution in [-0.4, -0.2) is 40.5 Å². The number of ether oxygens (including phenoxy) is 1. The predicted molar refractivity (Wildman–Crippen MR) is 113 cm³/mol. The van der Waals surface area contributed by atoms with Crippen molar-refractivity contribution in [2.24, 2.45) is 0 Å². The number of methoxy groups -OCH3 is 1. The van der Waals surface area contributed by atoms with Gasteiger partial charge in [0.25, 0.3) is 11.5 Å². The van der Waals surface area contributed by atoms with Crippen molar-refractivity contribution in [3.63, 3.8) is 0 Å². The molecule has 1 N–H and O–H groups in total. The third kappa shape index (κ3) is 5.32. The zero-order chi connectivity index (χ0) is 22.4. The highest BCUT2D eigenvalue weighted by molar-refractivity contribution is 5.91. The fraction of sp³-hybridized carbons (Fsp3) is 0.273. The van der Waals surface area contributed by atoms with Crippen molar-refractivity contribution in [1.29, 1.82) is 0 Å². The van der Waals surface area contributed by atoms with Gasteiger partial charge in [0.05, 0.1) is 12.2 Å². The third-order valence-corrected chi connectivity index (χ3v) is 4.56. The average molecular weight is 426 g/mol. The number of aryl methyl sites for hydroxylation is 1. The van der Waals surface area contributed by atoms with E-state index in [1.807, 2.05) is 13.0 Å². The molecule has 1 aromatic heterocycles. The number of amides is 1. The molecule has 0 radical (unpaired) electrons. The van der Waals surface area contributed by atoms with E-state index in [2.05, 4.69) is 10.4 Å². The summed E-state index contributed by atoms with van der Waals surface area (Å²) in [6.45, 7) is 2.37. The number of nitrogens with zero attached hydrogens (tertiary/aromatic N) is 3. The minimum Gasteiger partial charge on any atom is -0.385 e. The Kier molecular flexibility index (Phi) is 7.09. The van der Waals surface area contributed by atoms with Gasteiger partial charge in [-0.2, -0.15) is 9.78 Å². The zero-order valence-corrected chi connectivity index (χ0v) is 17.3. The molecule has 162 valence electrons. The van der Waals surface area contributed by atoms with Crippen LogP contribution in [0, 0.1) is 12.7 Å². The summed E-state index contributed by atoms with van der Waals surface area (Å²) in [7, 11) is 1.55. The Balaban J connectivity index is 2.10. The van der Waals surface area contributed by atoms with Crippen molar-refractivity contribution < 1.29 is 13.9 Å². The molecule has 0 saturated heterocycles. The van der Waals surface area contributed by atoms with Crippen molar-refractivity contribution in [1.82, 2.24) is 19.7 Å². The first-order valence-corrected chi connectivity index (χ1v) is 9.73. The normalized spacial score (nSPS) is 10.8. The second-order valence-electron chi connectivity index (χ2n) is 7.01. The van der Waals surface area contributed by atoms with E-state index in [1.165, 1.54) is 18.2 Å². The summed E-state index contributed by atoms with van der Waals surface area (Å²) in [5.74, 6) is -1.19. The predicted octanol–water partition coefficient (Wildman–Crippen LogP) is 1.66. The largest absolute Gasteiger partial charge is 0.385 e. The molecule has 1 heterocycles. The maximum atomic E-state index is 13.6. The summed E-state index contributed by atoms with van der Waals surface area (Å²) in [5.41, 5.74) is -0.299. The van der Waals surface area contributed by atoms with E-state index >= 15 is 0 Å². The molecule has 3 rings (SSSR count). The second-order valence-corrected chi connectivity index (χ2v) is 7.01. The molecule has 8 nitrogen and oxygen atoms in total. The van der Waals surface area contributed by atoms with Gasteiger partial charge in [-0.05, 0) is 48.7 Å². The number of aromatic nitrogens is 3. The van der Waals surface area contributed by atoms with E-state index in [-0.39, 0.29) is 13.1 Å². The molecule has 0 bridgehead atoms. The van der Waals surface area contributed by atoms with Crippen molar-refractivity contribution in [2.45, 2.75) is 19.9 Å². The molecule has 1 amide bonds. The van der Waals surface area contributed by atoms with Crippen molar-refractivity contribution in [3.8, 4) is 5.69 Å². The summed E-state index contributed by atoms with van der Waals surface area (Å²) < 4.78 is 20.4. The SMILES string of the molecule is COCCCNC(=O)c1nn(-c2cccc(C)c2)c(=O)n(Cc2cccc(F)c2)c1=O. The van der Waals surface area contributed by atoms with E-state index in [1.54, 1.807) is 31.4 Å². The summed E-state index contributed by atoms with van der Waals surface area (Å²) in [5, 5.41) is 6.67. The molecule has 0 aliphatic heterocycles. The number of benzene rings is 2. The van der Waals surface area contributed by atoms with E-state index in [4.69, 9.17) is 4.74 Å². The van der Waals surface area contributed by atoms with Gasteiger partial charge >= 0.3 is 5.69 Å². The van der Waals surface area contributed by atoms with Crippen LogP contribution in [0.25, 0.3) is 5.69 Å². The van der Waals surface area contributed by atoms with Crippen LogP contribution in [0.5, 0.6) is 0 Å². The summed E-state index contributed by atoms with van der Waals surface area (Å²) in [4.78, 5) is 38.7. The van der Waals surface area contributed by atoms with Gasteiger partial charge in [0.2, 0.25) is 5.69 Å². The molecule has 0 atom stereocenters. The quantitative estimate of drug-likeness (QED) is 0.553. The van der Waals surface area contributed by atoms with Crippen molar-refractivity contribution in [3.05, 3.63) is 92.0 Å². The van der Waals surface area contributed by atoms with Gasteiger partial charge in [-0.15, -0.1) is 0 Å². The van der Waals surface area contributed by atoms with Crippen LogP contribution in [0.4, 0.5) is 4.39 Å². The Morgan fingerprint density at radius 2 is 1.94 bits per heavy atom. The minimum absolute atomic E-state index is 0.201. The van der Waals surface area contributed by atoms with Gasteiger partial charge in [0.1, 0.15) is 5.82 Å². The number of carbonyl (C=O) groups is 1. The van der Waals surface area contributed by atoms with Gasteiger partial charge < -0.3 is 10.1 Å². The minimum atomic E-state index is -0.845. The van der Waals surface area contributed by atoms with Crippen LogP contribution in [0.15, 0.2) is 58.1 Å². The van der Waals surface area contributed by atoms with E-state index in [0.717, 1.165) is 14.8 Å². The molecule has 0 spiro atoms. The Hall–Kier alpha value is -3.59. The van der Waals surface area contributed by atoms with Gasteiger partial charge in [-0.1, -0.05) is 24.3 Å². The first kappa shape index (κ1) is 22.1. The number of hydrogen-bond donors (Lipinski definition) is 1. The second kappa shape index (κ2) is 9.94. The molecule has 2 aromatic carbocycles. The lowest BCUT2D eigenvalue weighted by atomic mass is 10.2. The molecule has 0 saturated carbocycles. The van der Waals surface area contributed by atoms with Crippen molar-refractivity contribution in [2.75, 3.05) is 20.3 Å². The molecule has 9 heteroatoms. The number of nitrogens with one attached hydrogen (secondary N) is 1. The Bertz CT molecular complexity index is 1200. The third-order valence-electron chi connectivity index (χ3n) is 4.56. The van der Waals surface area contributed by atoms with Gasteiger partial charge in [-0.3, -0.25) is 14.2 Å². The van der Waals surface area contributed by atoms with E-state index < -0.39 is 28.7 Å². The van der Waals surface area contributed by atoms with E-state index in [9.17, 15) is 18.8 Å². The first-order chi connectivity index (χ1) is 14.9. The lowest BCUT2D eigenvalue weighted by molar-refractivity contribution is 0.0938. The van der Waals surface area contributed by atoms with Crippen LogP contribution < -0.4 is 16.6 Å². The van der Waals surface area contributed by atoms with Gasteiger partial charge in [0, 0.05) is 20.3 Å². The molecule has 0 aliphatic rings. The number of carbonyl (C=O) groups excluding carboxylic acids is 1. The highest BCUT2D eigenvalue weighted by Gasteiger charge is 2.20. The number of hydrogen-bond acceptors (Lipinski definition) is 5. The van der Waals surface area contributed by atoms with Crippen molar-refractivity contribution >= 4 is 5.91 Å². The zero-order valence-electron chi connectivity index (χ0n) is 17.3. The highest BCUT2D eigenvalue weighted by Crippen LogP contribution is 2.08. The van der Waals surface area contributed by atoms with Crippen LogP contribution in [0.1, 0.15) is 28.0 Å². The molecule has 0 aliphatic carbocycles. The number of rotatable bonds is 8. The Morgan fingerprint density at radius 1 is 1.16 bits per heavy atom. The fourth-order valence-electron chi connectivity index (χ4n) is 3.04. The molecular formula is C22H23FN4O4. The fourth-order valence-corrected chi connectivity index (χ4v) is 3.04. The molecule has 0 fully saturated rings. The van der Waals surface area contributed by atoms with Crippen LogP contribution in [-0.2, 0) is 11.3 Å². The average Bonchev–Trinajstić information content (AvgIpc) is 2.74. The molecule has 31 heavy (non-hydrogen) atoms.